The van der Waals surface area contributed by atoms with Gasteiger partial charge in [0.25, 0.3) is 11.8 Å². The van der Waals surface area contributed by atoms with Crippen LogP contribution in [0.5, 0.6) is 0 Å². The maximum absolute atomic E-state index is 12.4. The highest BCUT2D eigenvalue weighted by molar-refractivity contribution is 7.89. The van der Waals surface area contributed by atoms with Crippen molar-refractivity contribution >= 4 is 71.4 Å². The van der Waals surface area contributed by atoms with Crippen LogP contribution in [0.3, 0.4) is 0 Å². The van der Waals surface area contributed by atoms with E-state index in [9.17, 15) is 36.0 Å². The molecule has 2 aromatic heterocycles. The highest BCUT2D eigenvalue weighted by Crippen LogP contribution is 2.34. The number of aromatic nitrogens is 2. The van der Waals surface area contributed by atoms with Crippen LogP contribution in [0.25, 0.3) is 0 Å². The molecular formula is C41H55N7O9S4. The minimum Gasteiger partial charge on any atom is -0.480 e. The summed E-state index contributed by atoms with van der Waals surface area (Å²) in [4.78, 5) is 55.6. The van der Waals surface area contributed by atoms with Crippen molar-refractivity contribution in [2.45, 2.75) is 92.3 Å². The topological polar surface area (TPSA) is 239 Å². The van der Waals surface area contributed by atoms with Gasteiger partial charge < -0.3 is 21.5 Å². The number of nitrogens with two attached hydrogens (primary N) is 1. The zero-order chi connectivity index (χ0) is 44.7. The Morgan fingerprint density at radius 1 is 0.689 bits per heavy atom. The first-order chi connectivity index (χ1) is 28.9. The predicted octanol–water partition coefficient (Wildman–Crippen LogP) is 5.51. The van der Waals surface area contributed by atoms with Crippen molar-refractivity contribution < 1.29 is 41.1 Å². The molecule has 2 heterocycles. The summed E-state index contributed by atoms with van der Waals surface area (Å²) in [5.41, 5.74) is 8.20. The number of hydrogen-bond donors (Lipinski definition) is 4. The summed E-state index contributed by atoms with van der Waals surface area (Å²) in [7, 11) is -1.64. The molecule has 332 valence electrons. The summed E-state index contributed by atoms with van der Waals surface area (Å²) in [6.45, 7) is -0.647. The molecule has 2 aliphatic carbocycles. The third-order valence-electron chi connectivity index (χ3n) is 10.1. The first-order valence-electron chi connectivity index (χ1n) is 19.9. The van der Waals surface area contributed by atoms with Crippen molar-refractivity contribution in [3.05, 3.63) is 86.8 Å². The Balaban J connectivity index is 0.000000224. The first-order valence-corrected chi connectivity index (χ1v) is 24.5. The molecule has 2 amide bonds. The van der Waals surface area contributed by atoms with Gasteiger partial charge in [-0.25, -0.2) is 35.4 Å². The maximum Gasteiger partial charge on any atom is 0.322 e. The van der Waals surface area contributed by atoms with Gasteiger partial charge in [-0.05, 0) is 62.1 Å². The van der Waals surface area contributed by atoms with Gasteiger partial charge in [0, 0.05) is 61.9 Å². The summed E-state index contributed by atoms with van der Waals surface area (Å²) in [6, 6.07) is 11.2. The summed E-state index contributed by atoms with van der Waals surface area (Å²) < 4.78 is 50.3. The van der Waals surface area contributed by atoms with Gasteiger partial charge in [-0.1, -0.05) is 50.7 Å². The quantitative estimate of drug-likeness (QED) is 0.123. The Hall–Kier alpha value is -4.60. The minimum atomic E-state index is -3.63. The second kappa shape index (κ2) is 23.0. The number of amides is 2. The third-order valence-corrected chi connectivity index (χ3v) is 15.3. The number of benzene rings is 2. The molecule has 2 saturated carbocycles. The van der Waals surface area contributed by atoms with Gasteiger partial charge in [0.15, 0.2) is 10.9 Å². The number of sulfonamides is 2. The molecule has 5 N–H and O–H groups in total. The zero-order valence-electron chi connectivity index (χ0n) is 34.8. The molecule has 0 bridgehead atoms. The van der Waals surface area contributed by atoms with Crippen LogP contribution < -0.4 is 16.4 Å². The van der Waals surface area contributed by atoms with Gasteiger partial charge >= 0.3 is 5.97 Å². The molecule has 0 spiro atoms. The van der Waals surface area contributed by atoms with E-state index < -0.39 is 44.4 Å². The molecule has 20 heteroatoms. The van der Waals surface area contributed by atoms with Crippen molar-refractivity contribution in [3.8, 4) is 0 Å². The van der Waals surface area contributed by atoms with E-state index in [4.69, 9.17) is 10.8 Å². The summed E-state index contributed by atoms with van der Waals surface area (Å²) in [6.07, 6.45) is 13.0. The maximum atomic E-state index is 12.4. The fourth-order valence-electron chi connectivity index (χ4n) is 6.67. The number of nitrogens with zero attached hydrogens (tertiary/aromatic N) is 4. The average Bonchev–Trinajstić information content (AvgIpc) is 3.92. The Morgan fingerprint density at radius 2 is 1.13 bits per heavy atom. The standard InChI is InChI=1S/C21H27N3O4S2.C11H14N2O5S.C9H14N2S/c1-24(2)30(27,28)18-10-6-9-16(11-18)21(26)22-13-17(25)12-20-23-19(14-29-20)15-7-4-3-5-8-15;1-13(2)19(17,18)9-5-3-4-8(6-9)11(16)12-7-10(14)15;10-9-11-8(6-12-9)7-4-2-1-3-5-7/h6,9-11,14-15H,3-5,7-8,12-13H2,1-2H3,(H,22,26);3-6H,7H2,1-2H3,(H,12,16)(H,14,15);6-7H,1-5H2,(H2,10,11). The number of ketones is 1. The van der Waals surface area contributed by atoms with E-state index in [1.807, 2.05) is 5.38 Å². The van der Waals surface area contributed by atoms with E-state index in [-0.39, 0.29) is 39.7 Å². The summed E-state index contributed by atoms with van der Waals surface area (Å²) in [5, 5.41) is 18.8. The van der Waals surface area contributed by atoms with Crippen molar-refractivity contribution in [3.63, 3.8) is 0 Å². The Morgan fingerprint density at radius 3 is 1.56 bits per heavy atom. The smallest absolute Gasteiger partial charge is 0.322 e. The molecule has 0 saturated heterocycles. The monoisotopic (exact) mass is 917 g/mol. The highest BCUT2D eigenvalue weighted by atomic mass is 32.2. The Labute approximate surface area is 366 Å². The van der Waals surface area contributed by atoms with Crippen LogP contribution in [-0.4, -0.2) is 105 Å². The van der Waals surface area contributed by atoms with Crippen LogP contribution in [0.4, 0.5) is 5.13 Å². The number of carbonyl (C=O) groups excluding carboxylic acids is 3. The number of carboxylic acids is 1. The third kappa shape index (κ3) is 14.8. The van der Waals surface area contributed by atoms with Crippen LogP contribution >= 0.6 is 22.7 Å². The van der Waals surface area contributed by atoms with Crippen molar-refractivity contribution in [2.75, 3.05) is 47.0 Å². The number of nitrogens with one attached hydrogen (secondary N) is 2. The number of nitrogen functional groups attached to an aromatic ring is 1. The normalized spacial score (nSPS) is 14.9. The molecule has 16 nitrogen and oxygen atoms in total. The van der Waals surface area contributed by atoms with Crippen molar-refractivity contribution in [1.82, 2.24) is 29.2 Å². The molecule has 6 rings (SSSR count). The largest absolute Gasteiger partial charge is 0.480 e. The molecule has 2 aliphatic rings. The number of thiazole rings is 2. The molecule has 61 heavy (non-hydrogen) atoms. The molecule has 0 unspecified atom stereocenters. The van der Waals surface area contributed by atoms with E-state index >= 15 is 0 Å². The van der Waals surface area contributed by atoms with E-state index in [2.05, 4.69) is 26.0 Å². The lowest BCUT2D eigenvalue weighted by molar-refractivity contribution is -0.135. The molecule has 0 aliphatic heterocycles. The van der Waals surface area contributed by atoms with Gasteiger partial charge in [-0.15, -0.1) is 22.7 Å². The molecule has 2 fully saturated rings. The van der Waals surface area contributed by atoms with Gasteiger partial charge in [0.1, 0.15) is 11.6 Å². The van der Waals surface area contributed by atoms with Crippen molar-refractivity contribution in [2.24, 2.45) is 0 Å². The van der Waals surface area contributed by atoms with E-state index in [0.717, 1.165) is 37.3 Å². The van der Waals surface area contributed by atoms with Crippen LogP contribution in [0.15, 0.2) is 69.1 Å². The van der Waals surface area contributed by atoms with Gasteiger partial charge in [-0.3, -0.25) is 19.2 Å². The number of rotatable bonds is 14. The summed E-state index contributed by atoms with van der Waals surface area (Å²) in [5.74, 6) is -1.23. The van der Waals surface area contributed by atoms with E-state index in [1.54, 1.807) is 11.3 Å². The van der Waals surface area contributed by atoms with Crippen LogP contribution in [0.2, 0.25) is 0 Å². The van der Waals surface area contributed by atoms with Crippen LogP contribution in [0, 0.1) is 0 Å². The highest BCUT2D eigenvalue weighted by Gasteiger charge is 2.22. The van der Waals surface area contributed by atoms with Crippen molar-refractivity contribution in [1.29, 1.82) is 0 Å². The second-order valence-corrected chi connectivity index (χ2v) is 21.2. The number of aliphatic carboxylic acids is 1. The van der Waals surface area contributed by atoms with Gasteiger partial charge in [0.2, 0.25) is 20.0 Å². The van der Waals surface area contributed by atoms with E-state index in [1.165, 1.54) is 145 Å². The number of Topliss-reactive ketones (excluding diaryl/α,β-unsaturated/α-hetero) is 1. The minimum absolute atomic E-state index is 0.0273. The molecular weight excluding hydrogens is 863 g/mol. The lowest BCUT2D eigenvalue weighted by atomic mass is 9.87. The SMILES string of the molecule is CN(C)S(=O)(=O)c1cccc(C(=O)NCC(=O)Cc2nc(C3CCCCC3)cs2)c1.CN(C)S(=O)(=O)c1cccc(C(=O)NCC(=O)O)c1.Nc1nc(C2CCCCC2)cs1. The molecule has 0 atom stereocenters. The first kappa shape index (κ1) is 49.1. The zero-order valence-corrected chi connectivity index (χ0v) is 38.1. The summed E-state index contributed by atoms with van der Waals surface area (Å²) >= 11 is 3.06. The second-order valence-electron chi connectivity index (χ2n) is 15.1. The number of anilines is 1. The number of carboxylic acid groups (broad SMARTS) is 1. The van der Waals surface area contributed by atoms with Gasteiger partial charge in [0.05, 0.1) is 34.1 Å². The lowest BCUT2D eigenvalue weighted by Gasteiger charge is -2.19. The Kier molecular flexibility index (Phi) is 18.5. The number of carbonyl (C=O) groups is 4. The fraction of sp³-hybridized carbons (Fsp3) is 0.463. The van der Waals surface area contributed by atoms with Crippen LogP contribution in [0.1, 0.15) is 113 Å². The molecule has 2 aromatic carbocycles. The molecule has 4 aromatic rings. The van der Waals surface area contributed by atoms with Crippen LogP contribution in [-0.2, 0) is 36.1 Å². The van der Waals surface area contributed by atoms with E-state index in [0.29, 0.717) is 11.8 Å². The molecule has 0 radical (unpaired) electrons. The fourth-order valence-corrected chi connectivity index (χ4v) is 10.1. The Bertz CT molecular complexity index is 2330. The van der Waals surface area contributed by atoms with Gasteiger partial charge in [-0.2, -0.15) is 0 Å². The lowest BCUT2D eigenvalue weighted by Crippen LogP contribution is -2.30. The average molecular weight is 918 g/mol. The predicted molar refractivity (Wildman–Crippen MR) is 236 cm³/mol. The number of hydrogen-bond acceptors (Lipinski definition) is 13.